The molecule has 3 rings (SSSR count). The Balaban J connectivity index is 1.67. The molecule has 0 radical (unpaired) electrons. The maximum absolute atomic E-state index is 12.5. The molecular weight excluding hydrogens is 274 g/mol. The first kappa shape index (κ1) is 13.9. The third kappa shape index (κ3) is 2.83. The second-order valence-corrected chi connectivity index (χ2v) is 7.85. The van der Waals surface area contributed by atoms with E-state index in [1.165, 1.54) is 0 Å². The van der Waals surface area contributed by atoms with Crippen LogP contribution in [-0.4, -0.2) is 62.5 Å². The predicted molar refractivity (Wildman–Crippen MR) is 79.0 cm³/mol. The topological polar surface area (TPSA) is 63.1 Å². The van der Waals surface area contributed by atoms with Gasteiger partial charge in [0.25, 0.3) is 5.91 Å². The van der Waals surface area contributed by atoms with Crippen LogP contribution in [0.25, 0.3) is 0 Å². The van der Waals surface area contributed by atoms with E-state index >= 15 is 0 Å². The number of carbonyl (C=O) groups is 1. The van der Waals surface area contributed by atoms with E-state index in [4.69, 9.17) is 0 Å². The fourth-order valence-corrected chi connectivity index (χ4v) is 3.50. The molecule has 0 aromatic carbocycles. The summed E-state index contributed by atoms with van der Waals surface area (Å²) in [4.78, 5) is 14.4. The number of carbonyl (C=O) groups excluding carboxylic acids is 1. The Morgan fingerprint density at radius 3 is 2.95 bits per heavy atom. The van der Waals surface area contributed by atoms with Crippen molar-refractivity contribution in [1.29, 1.82) is 0 Å². The molecule has 6 nitrogen and oxygen atoms in total. The second-order valence-electron chi connectivity index (χ2n) is 6.05. The van der Waals surface area contributed by atoms with Gasteiger partial charge in [0.1, 0.15) is 0 Å². The van der Waals surface area contributed by atoms with Gasteiger partial charge in [-0.05, 0) is 6.42 Å². The molecule has 7 heteroatoms. The Labute approximate surface area is 123 Å². The van der Waals surface area contributed by atoms with Crippen molar-refractivity contribution >= 4 is 17.7 Å². The van der Waals surface area contributed by atoms with Gasteiger partial charge in [0.05, 0.1) is 12.2 Å². The fraction of sp³-hybridized carbons (Fsp3) is 0.769. The zero-order valence-corrected chi connectivity index (χ0v) is 12.8. The molecule has 0 spiro atoms. The standard InChI is InChI=1S/C13H21N5OS/c1-13(2)3-4-17(5-6-20-13)12(19)11-9-18(16-15-11)10-7-14-8-10/h9-10,14H,3-8H2,1-2H3. The quantitative estimate of drug-likeness (QED) is 0.873. The van der Waals surface area contributed by atoms with E-state index in [2.05, 4.69) is 29.5 Å². The summed E-state index contributed by atoms with van der Waals surface area (Å²) in [7, 11) is 0. The number of rotatable bonds is 2. The molecule has 20 heavy (non-hydrogen) atoms. The molecule has 2 fully saturated rings. The van der Waals surface area contributed by atoms with E-state index in [-0.39, 0.29) is 10.7 Å². The number of nitrogens with one attached hydrogen (secondary N) is 1. The first-order valence-corrected chi connectivity index (χ1v) is 8.09. The minimum absolute atomic E-state index is 0.0156. The second kappa shape index (κ2) is 5.37. The highest BCUT2D eigenvalue weighted by molar-refractivity contribution is 8.00. The van der Waals surface area contributed by atoms with E-state index in [0.717, 1.165) is 38.4 Å². The van der Waals surface area contributed by atoms with Crippen LogP contribution in [0.2, 0.25) is 0 Å². The lowest BCUT2D eigenvalue weighted by Crippen LogP contribution is -2.43. The molecule has 1 aromatic rings. The molecule has 0 bridgehead atoms. The van der Waals surface area contributed by atoms with Gasteiger partial charge in [-0.15, -0.1) is 5.10 Å². The smallest absolute Gasteiger partial charge is 0.276 e. The van der Waals surface area contributed by atoms with Crippen LogP contribution in [0.3, 0.4) is 0 Å². The highest BCUT2D eigenvalue weighted by atomic mass is 32.2. The predicted octanol–water partition coefficient (Wildman–Crippen LogP) is 0.780. The largest absolute Gasteiger partial charge is 0.336 e. The maximum atomic E-state index is 12.5. The molecule has 2 saturated heterocycles. The van der Waals surface area contributed by atoms with Crippen LogP contribution in [0, 0.1) is 0 Å². The first-order valence-electron chi connectivity index (χ1n) is 7.11. The Morgan fingerprint density at radius 1 is 1.45 bits per heavy atom. The number of hydrogen-bond donors (Lipinski definition) is 1. The van der Waals surface area contributed by atoms with Gasteiger partial charge in [-0.25, -0.2) is 4.68 Å². The Hall–Kier alpha value is -1.08. The average Bonchev–Trinajstić information content (AvgIpc) is 2.72. The van der Waals surface area contributed by atoms with E-state index in [9.17, 15) is 4.79 Å². The van der Waals surface area contributed by atoms with Gasteiger partial charge < -0.3 is 10.2 Å². The van der Waals surface area contributed by atoms with E-state index < -0.39 is 0 Å². The molecule has 2 aliphatic rings. The Bertz CT molecular complexity index is 497. The highest BCUT2D eigenvalue weighted by Crippen LogP contribution is 2.30. The Morgan fingerprint density at radius 2 is 2.25 bits per heavy atom. The van der Waals surface area contributed by atoms with Crippen molar-refractivity contribution in [2.45, 2.75) is 31.1 Å². The molecule has 0 atom stereocenters. The average molecular weight is 295 g/mol. The summed E-state index contributed by atoms with van der Waals surface area (Å²) in [6.45, 7) is 7.90. The van der Waals surface area contributed by atoms with Crippen LogP contribution in [-0.2, 0) is 0 Å². The molecule has 110 valence electrons. The third-order valence-electron chi connectivity index (χ3n) is 3.99. The van der Waals surface area contributed by atoms with Crippen LogP contribution in [0.4, 0.5) is 0 Å². The minimum Gasteiger partial charge on any atom is -0.336 e. The molecule has 0 saturated carbocycles. The number of thioether (sulfide) groups is 1. The summed E-state index contributed by atoms with van der Waals surface area (Å²) >= 11 is 1.94. The summed E-state index contributed by atoms with van der Waals surface area (Å²) in [5, 5.41) is 11.3. The zero-order valence-electron chi connectivity index (χ0n) is 12.0. The maximum Gasteiger partial charge on any atom is 0.276 e. The molecule has 2 aliphatic heterocycles. The zero-order chi connectivity index (χ0) is 14.2. The van der Waals surface area contributed by atoms with Crippen molar-refractivity contribution in [2.75, 3.05) is 31.9 Å². The van der Waals surface area contributed by atoms with Gasteiger partial charge in [-0.1, -0.05) is 19.1 Å². The van der Waals surface area contributed by atoms with Crippen molar-refractivity contribution in [2.24, 2.45) is 0 Å². The third-order valence-corrected chi connectivity index (χ3v) is 5.36. The monoisotopic (exact) mass is 295 g/mol. The molecular formula is C13H21N5OS. The van der Waals surface area contributed by atoms with Gasteiger partial charge in [0.15, 0.2) is 5.69 Å². The van der Waals surface area contributed by atoms with Gasteiger partial charge in [-0.3, -0.25) is 4.79 Å². The number of nitrogens with zero attached hydrogens (tertiary/aromatic N) is 4. The van der Waals surface area contributed by atoms with Gasteiger partial charge in [0.2, 0.25) is 0 Å². The van der Waals surface area contributed by atoms with Gasteiger partial charge in [0, 0.05) is 36.7 Å². The summed E-state index contributed by atoms with van der Waals surface area (Å²) in [6.07, 6.45) is 2.81. The van der Waals surface area contributed by atoms with Crippen LogP contribution in [0.1, 0.15) is 36.8 Å². The summed E-state index contributed by atoms with van der Waals surface area (Å²) in [5.74, 6) is 1.00. The lowest BCUT2D eigenvalue weighted by molar-refractivity contribution is 0.0758. The van der Waals surface area contributed by atoms with E-state index in [1.54, 1.807) is 10.9 Å². The number of amides is 1. The molecule has 0 aliphatic carbocycles. The van der Waals surface area contributed by atoms with Crippen molar-refractivity contribution in [3.05, 3.63) is 11.9 Å². The van der Waals surface area contributed by atoms with Crippen molar-refractivity contribution in [1.82, 2.24) is 25.2 Å². The number of aromatic nitrogens is 3. The minimum atomic E-state index is 0.0156. The van der Waals surface area contributed by atoms with Crippen LogP contribution < -0.4 is 5.32 Å². The van der Waals surface area contributed by atoms with Crippen molar-refractivity contribution in [3.8, 4) is 0 Å². The van der Waals surface area contributed by atoms with Crippen molar-refractivity contribution in [3.63, 3.8) is 0 Å². The summed E-state index contributed by atoms with van der Waals surface area (Å²) in [5.41, 5.74) is 0.474. The van der Waals surface area contributed by atoms with E-state index in [1.807, 2.05) is 16.7 Å². The molecule has 0 unspecified atom stereocenters. The SMILES string of the molecule is CC1(C)CCN(C(=O)c2cn(C3CNC3)nn2)CCS1. The lowest BCUT2D eigenvalue weighted by atomic mass is 10.1. The van der Waals surface area contributed by atoms with Crippen LogP contribution in [0.15, 0.2) is 6.20 Å². The van der Waals surface area contributed by atoms with Crippen LogP contribution >= 0.6 is 11.8 Å². The van der Waals surface area contributed by atoms with Crippen LogP contribution in [0.5, 0.6) is 0 Å². The summed E-state index contributed by atoms with van der Waals surface area (Å²) < 4.78 is 2.06. The summed E-state index contributed by atoms with van der Waals surface area (Å²) in [6, 6.07) is 0.350. The van der Waals surface area contributed by atoms with Gasteiger partial charge >= 0.3 is 0 Å². The fourth-order valence-electron chi connectivity index (χ4n) is 2.40. The molecule has 1 N–H and O–H groups in total. The van der Waals surface area contributed by atoms with Crippen molar-refractivity contribution < 1.29 is 4.79 Å². The molecule has 1 amide bonds. The van der Waals surface area contributed by atoms with E-state index in [0.29, 0.717) is 11.7 Å². The molecule has 1 aromatic heterocycles. The highest BCUT2D eigenvalue weighted by Gasteiger charge is 2.28. The lowest BCUT2D eigenvalue weighted by Gasteiger charge is -2.26. The normalized spacial score (nSPS) is 23.2. The first-order chi connectivity index (χ1) is 9.55. The molecule has 3 heterocycles. The Kier molecular flexibility index (Phi) is 3.72. The number of hydrogen-bond acceptors (Lipinski definition) is 5. The van der Waals surface area contributed by atoms with Gasteiger partial charge in [-0.2, -0.15) is 11.8 Å².